The van der Waals surface area contributed by atoms with Crippen molar-refractivity contribution in [1.29, 1.82) is 0 Å². The van der Waals surface area contributed by atoms with E-state index in [2.05, 4.69) is 5.32 Å². The molecule has 1 amide bonds. The van der Waals surface area contributed by atoms with Crippen LogP contribution in [0.5, 0.6) is 5.75 Å². The van der Waals surface area contributed by atoms with Gasteiger partial charge in [-0.05, 0) is 68.1 Å². The van der Waals surface area contributed by atoms with Crippen molar-refractivity contribution in [3.63, 3.8) is 0 Å². The minimum Gasteiger partial charge on any atom is -0.495 e. The van der Waals surface area contributed by atoms with Crippen molar-refractivity contribution in [3.05, 3.63) is 18.2 Å². The number of nitrogens with one attached hydrogen (secondary N) is 1. The highest BCUT2D eigenvalue weighted by Gasteiger charge is 2.40. The molecule has 1 N–H and O–H groups in total. The molecule has 1 heterocycles. The number of fused-ring (bicyclic) bond motifs is 2. The summed E-state index contributed by atoms with van der Waals surface area (Å²) >= 11 is 0. The Morgan fingerprint density at radius 3 is 2.61 bits per heavy atom. The molecular weight excluding hydrogens is 376 g/mol. The number of anilines is 1. The van der Waals surface area contributed by atoms with Gasteiger partial charge in [-0.1, -0.05) is 12.8 Å². The zero-order valence-corrected chi connectivity index (χ0v) is 17.3. The third-order valence-corrected chi connectivity index (χ3v) is 8.62. The second kappa shape index (κ2) is 8.03. The summed E-state index contributed by atoms with van der Waals surface area (Å²) in [7, 11) is -2.02. The van der Waals surface area contributed by atoms with Gasteiger partial charge in [0.15, 0.2) is 0 Å². The lowest BCUT2D eigenvalue weighted by Gasteiger charge is -2.26. The van der Waals surface area contributed by atoms with E-state index in [0.717, 1.165) is 31.6 Å². The van der Waals surface area contributed by atoms with Gasteiger partial charge in [0, 0.05) is 19.5 Å². The number of carbonyl (C=O) groups is 1. The van der Waals surface area contributed by atoms with Gasteiger partial charge in [-0.2, -0.15) is 4.31 Å². The highest BCUT2D eigenvalue weighted by Crippen LogP contribution is 2.49. The zero-order chi connectivity index (χ0) is 19.7. The van der Waals surface area contributed by atoms with E-state index in [1.165, 1.54) is 26.4 Å². The zero-order valence-electron chi connectivity index (χ0n) is 16.5. The largest absolute Gasteiger partial charge is 0.495 e. The molecule has 2 aliphatic carbocycles. The summed E-state index contributed by atoms with van der Waals surface area (Å²) in [6, 6.07) is 4.74. The maximum Gasteiger partial charge on any atom is 0.243 e. The van der Waals surface area contributed by atoms with Gasteiger partial charge in [0.05, 0.1) is 17.7 Å². The van der Waals surface area contributed by atoms with Gasteiger partial charge < -0.3 is 10.1 Å². The Morgan fingerprint density at radius 2 is 1.96 bits per heavy atom. The number of benzene rings is 1. The van der Waals surface area contributed by atoms with E-state index < -0.39 is 10.0 Å². The van der Waals surface area contributed by atoms with Crippen LogP contribution >= 0.6 is 0 Å². The van der Waals surface area contributed by atoms with Gasteiger partial charge in [-0.3, -0.25) is 4.79 Å². The average molecular weight is 407 g/mol. The fourth-order valence-electron chi connectivity index (χ4n) is 5.27. The van der Waals surface area contributed by atoms with E-state index in [1.54, 1.807) is 22.5 Å². The molecule has 0 aromatic heterocycles. The number of rotatable bonds is 6. The lowest BCUT2D eigenvalue weighted by Crippen LogP contribution is -2.35. The van der Waals surface area contributed by atoms with Crippen molar-refractivity contribution in [3.8, 4) is 5.75 Å². The van der Waals surface area contributed by atoms with Crippen LogP contribution in [-0.2, 0) is 14.8 Å². The van der Waals surface area contributed by atoms with Crippen molar-refractivity contribution in [2.45, 2.75) is 56.3 Å². The van der Waals surface area contributed by atoms with Crippen LogP contribution in [0.1, 0.15) is 51.4 Å². The summed E-state index contributed by atoms with van der Waals surface area (Å²) < 4.78 is 32.8. The SMILES string of the molecule is COc1ccc(S(=O)(=O)N2CCCCC2)cc1NC(=O)C[C@@H]1C[C@H]2CC[C@@H]1C2. The minimum atomic E-state index is -3.55. The number of hydrogen-bond donors (Lipinski definition) is 1. The van der Waals surface area contributed by atoms with Crippen LogP contribution in [0.15, 0.2) is 23.1 Å². The molecular formula is C21H30N2O4S. The average Bonchev–Trinajstić information content (AvgIpc) is 3.31. The number of methoxy groups -OCH3 is 1. The van der Waals surface area contributed by atoms with Gasteiger partial charge in [-0.15, -0.1) is 0 Å². The van der Waals surface area contributed by atoms with Crippen molar-refractivity contribution < 1.29 is 17.9 Å². The van der Waals surface area contributed by atoms with E-state index in [1.807, 2.05) is 0 Å². The Labute approximate surface area is 167 Å². The number of piperidine rings is 1. The van der Waals surface area contributed by atoms with Gasteiger partial charge in [-0.25, -0.2) is 8.42 Å². The number of carbonyl (C=O) groups excluding carboxylic acids is 1. The van der Waals surface area contributed by atoms with Crippen LogP contribution in [0.3, 0.4) is 0 Å². The number of nitrogens with zero attached hydrogens (tertiary/aromatic N) is 1. The molecule has 1 aromatic rings. The quantitative estimate of drug-likeness (QED) is 0.783. The van der Waals surface area contributed by atoms with E-state index in [9.17, 15) is 13.2 Å². The highest BCUT2D eigenvalue weighted by molar-refractivity contribution is 7.89. The van der Waals surface area contributed by atoms with Crippen LogP contribution in [0, 0.1) is 17.8 Å². The van der Waals surface area contributed by atoms with Crippen molar-refractivity contribution in [1.82, 2.24) is 4.31 Å². The van der Waals surface area contributed by atoms with Crippen molar-refractivity contribution >= 4 is 21.6 Å². The maximum absolute atomic E-state index is 13.0. The van der Waals surface area contributed by atoms with E-state index in [-0.39, 0.29) is 10.8 Å². The smallest absolute Gasteiger partial charge is 0.243 e. The molecule has 154 valence electrons. The first-order chi connectivity index (χ1) is 13.5. The summed E-state index contributed by atoms with van der Waals surface area (Å²) in [6.07, 6.45) is 8.34. The predicted octanol–water partition coefficient (Wildman–Crippen LogP) is 3.63. The Hall–Kier alpha value is -1.60. The Bertz CT molecular complexity index is 833. The summed E-state index contributed by atoms with van der Waals surface area (Å²) in [6.45, 7) is 1.11. The molecule has 6 nitrogen and oxygen atoms in total. The van der Waals surface area contributed by atoms with Crippen LogP contribution in [0.4, 0.5) is 5.69 Å². The van der Waals surface area contributed by atoms with Crippen molar-refractivity contribution in [2.24, 2.45) is 17.8 Å². The molecule has 3 atom stereocenters. The minimum absolute atomic E-state index is 0.0524. The lowest BCUT2D eigenvalue weighted by atomic mass is 9.86. The Morgan fingerprint density at radius 1 is 1.18 bits per heavy atom. The molecule has 1 aromatic carbocycles. The second-order valence-corrected chi connectivity index (χ2v) is 10.5. The molecule has 2 saturated carbocycles. The standard InChI is InChI=1S/C21H30N2O4S/c1-27-20-8-7-18(28(25,26)23-9-3-2-4-10-23)14-19(20)22-21(24)13-17-12-15-5-6-16(17)11-15/h7-8,14-17H,2-6,9-13H2,1H3,(H,22,24)/t15-,16+,17-/m0/s1. The van der Waals surface area contributed by atoms with Crippen molar-refractivity contribution in [2.75, 3.05) is 25.5 Å². The molecule has 1 aliphatic heterocycles. The maximum atomic E-state index is 13.0. The molecule has 28 heavy (non-hydrogen) atoms. The van der Waals surface area contributed by atoms with Crippen LogP contribution in [0.2, 0.25) is 0 Å². The van der Waals surface area contributed by atoms with E-state index in [0.29, 0.717) is 42.8 Å². The highest BCUT2D eigenvalue weighted by atomic mass is 32.2. The first-order valence-corrected chi connectivity index (χ1v) is 11.9. The number of amides is 1. The van der Waals surface area contributed by atoms with Crippen LogP contribution < -0.4 is 10.1 Å². The summed E-state index contributed by atoms with van der Waals surface area (Å²) in [5.41, 5.74) is 0.439. The monoisotopic (exact) mass is 406 g/mol. The molecule has 0 radical (unpaired) electrons. The first kappa shape index (κ1) is 19.7. The lowest BCUT2D eigenvalue weighted by molar-refractivity contribution is -0.117. The van der Waals surface area contributed by atoms with Gasteiger partial charge in [0.2, 0.25) is 15.9 Å². The third-order valence-electron chi connectivity index (χ3n) is 6.73. The summed E-state index contributed by atoms with van der Waals surface area (Å²) in [4.78, 5) is 12.9. The Balaban J connectivity index is 1.49. The first-order valence-electron chi connectivity index (χ1n) is 10.5. The molecule has 2 bridgehead atoms. The topological polar surface area (TPSA) is 75.7 Å². The normalized spacial score (nSPS) is 27.7. The summed E-state index contributed by atoms with van der Waals surface area (Å²) in [5.74, 6) is 2.38. The number of sulfonamides is 1. The van der Waals surface area contributed by atoms with E-state index >= 15 is 0 Å². The van der Waals surface area contributed by atoms with Gasteiger partial charge >= 0.3 is 0 Å². The molecule has 0 unspecified atom stereocenters. The number of ether oxygens (including phenoxy) is 1. The summed E-state index contributed by atoms with van der Waals surface area (Å²) in [5, 5.41) is 2.92. The fourth-order valence-corrected chi connectivity index (χ4v) is 6.81. The molecule has 3 fully saturated rings. The number of hydrogen-bond acceptors (Lipinski definition) is 4. The van der Waals surface area contributed by atoms with Crippen LogP contribution in [-0.4, -0.2) is 38.8 Å². The third kappa shape index (κ3) is 3.92. The molecule has 1 saturated heterocycles. The fraction of sp³-hybridized carbons (Fsp3) is 0.667. The predicted molar refractivity (Wildman–Crippen MR) is 108 cm³/mol. The Kier molecular flexibility index (Phi) is 5.65. The molecule has 4 rings (SSSR count). The van der Waals surface area contributed by atoms with Crippen LogP contribution in [0.25, 0.3) is 0 Å². The molecule has 7 heteroatoms. The second-order valence-electron chi connectivity index (χ2n) is 8.51. The molecule has 3 aliphatic rings. The van der Waals surface area contributed by atoms with E-state index in [4.69, 9.17) is 4.74 Å². The molecule has 0 spiro atoms. The van der Waals surface area contributed by atoms with Gasteiger partial charge in [0.1, 0.15) is 5.75 Å². The van der Waals surface area contributed by atoms with Gasteiger partial charge in [0.25, 0.3) is 0 Å².